The third kappa shape index (κ3) is 2.71. The number of hydrogen-bond donors (Lipinski definition) is 2. The standard InChI is InChI=1S/C13H12F2N4O/c1-7-3-4-8(14)12(11(7)15)19-13(20)9-5-18-10(16-2)6-17-9/h3-6H,1-2H3,(H,16,18)(H,19,20). The van der Waals surface area contributed by atoms with Crippen LogP contribution < -0.4 is 10.6 Å². The number of benzene rings is 1. The van der Waals surface area contributed by atoms with Crippen LogP contribution in [0.5, 0.6) is 0 Å². The molecule has 0 unspecified atom stereocenters. The van der Waals surface area contributed by atoms with Crippen molar-refractivity contribution >= 4 is 17.4 Å². The molecule has 1 aromatic carbocycles. The van der Waals surface area contributed by atoms with Crippen molar-refractivity contribution in [3.05, 3.63) is 47.4 Å². The smallest absolute Gasteiger partial charge is 0.276 e. The number of amides is 1. The summed E-state index contributed by atoms with van der Waals surface area (Å²) in [6.07, 6.45) is 2.56. The molecule has 0 saturated heterocycles. The molecule has 0 aliphatic heterocycles. The molecule has 0 atom stereocenters. The second kappa shape index (κ2) is 5.60. The summed E-state index contributed by atoms with van der Waals surface area (Å²) in [6.45, 7) is 1.48. The van der Waals surface area contributed by atoms with Gasteiger partial charge in [-0.3, -0.25) is 4.79 Å². The maximum absolute atomic E-state index is 13.8. The highest BCUT2D eigenvalue weighted by molar-refractivity contribution is 6.02. The molecule has 5 nitrogen and oxygen atoms in total. The second-order valence-corrected chi connectivity index (χ2v) is 4.04. The molecule has 0 fully saturated rings. The molecule has 104 valence electrons. The number of aromatic nitrogens is 2. The van der Waals surface area contributed by atoms with Gasteiger partial charge in [0.05, 0.1) is 12.4 Å². The summed E-state index contributed by atoms with van der Waals surface area (Å²) in [5, 5.41) is 4.90. The number of carbonyl (C=O) groups is 1. The molecular formula is C13H12F2N4O. The summed E-state index contributed by atoms with van der Waals surface area (Å²) in [5.41, 5.74) is -0.294. The van der Waals surface area contributed by atoms with E-state index < -0.39 is 23.2 Å². The highest BCUT2D eigenvalue weighted by atomic mass is 19.1. The summed E-state index contributed by atoms with van der Waals surface area (Å²) in [6, 6.07) is 2.38. The van der Waals surface area contributed by atoms with Gasteiger partial charge in [0.2, 0.25) is 0 Å². The van der Waals surface area contributed by atoms with Crippen molar-refractivity contribution in [3.8, 4) is 0 Å². The molecule has 0 bridgehead atoms. The van der Waals surface area contributed by atoms with Gasteiger partial charge in [0.15, 0.2) is 5.82 Å². The molecular weight excluding hydrogens is 266 g/mol. The molecule has 7 heteroatoms. The van der Waals surface area contributed by atoms with Gasteiger partial charge in [-0.25, -0.2) is 18.7 Å². The summed E-state index contributed by atoms with van der Waals surface area (Å²) >= 11 is 0. The van der Waals surface area contributed by atoms with E-state index >= 15 is 0 Å². The SMILES string of the molecule is CNc1cnc(C(=O)Nc2c(F)ccc(C)c2F)cn1. The van der Waals surface area contributed by atoms with Crippen LogP contribution in [0.15, 0.2) is 24.5 Å². The van der Waals surface area contributed by atoms with Crippen molar-refractivity contribution in [1.29, 1.82) is 0 Å². The van der Waals surface area contributed by atoms with Gasteiger partial charge in [0.1, 0.15) is 23.0 Å². The Morgan fingerprint density at radius 1 is 1.20 bits per heavy atom. The summed E-state index contributed by atoms with van der Waals surface area (Å²) in [7, 11) is 1.65. The molecule has 2 aromatic rings. The van der Waals surface area contributed by atoms with Gasteiger partial charge in [-0.1, -0.05) is 6.07 Å². The molecule has 2 rings (SSSR count). The van der Waals surface area contributed by atoms with Gasteiger partial charge >= 0.3 is 0 Å². The van der Waals surface area contributed by atoms with Crippen LogP contribution in [0, 0.1) is 18.6 Å². The molecule has 0 aliphatic rings. The van der Waals surface area contributed by atoms with Crippen LogP contribution in [0.25, 0.3) is 0 Å². The fourth-order valence-corrected chi connectivity index (χ4v) is 1.52. The first-order valence-electron chi connectivity index (χ1n) is 5.78. The first-order valence-corrected chi connectivity index (χ1v) is 5.78. The predicted molar refractivity (Wildman–Crippen MR) is 70.6 cm³/mol. The van der Waals surface area contributed by atoms with Gasteiger partial charge in [-0.2, -0.15) is 0 Å². The number of halogens is 2. The van der Waals surface area contributed by atoms with Crippen LogP contribution in [0.3, 0.4) is 0 Å². The quantitative estimate of drug-likeness (QED) is 0.904. The van der Waals surface area contributed by atoms with Gasteiger partial charge < -0.3 is 10.6 Å². The number of anilines is 2. The third-order valence-electron chi connectivity index (χ3n) is 2.66. The summed E-state index contributed by atoms with van der Waals surface area (Å²) < 4.78 is 27.3. The Labute approximate surface area is 114 Å². The van der Waals surface area contributed by atoms with Crippen molar-refractivity contribution < 1.29 is 13.6 Å². The number of nitrogens with one attached hydrogen (secondary N) is 2. The van der Waals surface area contributed by atoms with Crippen molar-refractivity contribution in [2.75, 3.05) is 17.7 Å². The zero-order chi connectivity index (χ0) is 14.7. The van der Waals surface area contributed by atoms with Gasteiger partial charge in [-0.05, 0) is 18.6 Å². The number of aryl methyl sites for hydroxylation is 1. The van der Waals surface area contributed by atoms with E-state index in [9.17, 15) is 13.6 Å². The van der Waals surface area contributed by atoms with Gasteiger partial charge in [-0.15, -0.1) is 0 Å². The van der Waals surface area contributed by atoms with Crippen LogP contribution >= 0.6 is 0 Å². The van der Waals surface area contributed by atoms with Crippen molar-refractivity contribution in [2.24, 2.45) is 0 Å². The minimum atomic E-state index is -0.846. The normalized spacial score (nSPS) is 10.2. The minimum Gasteiger partial charge on any atom is -0.372 e. The summed E-state index contributed by atoms with van der Waals surface area (Å²) in [5.74, 6) is -1.91. The molecule has 2 N–H and O–H groups in total. The highest BCUT2D eigenvalue weighted by Gasteiger charge is 2.16. The van der Waals surface area contributed by atoms with Crippen LogP contribution in [0.1, 0.15) is 16.1 Å². The highest BCUT2D eigenvalue weighted by Crippen LogP contribution is 2.22. The molecule has 0 radical (unpaired) electrons. The minimum absolute atomic E-state index is 0.0377. The van der Waals surface area contributed by atoms with Gasteiger partial charge in [0, 0.05) is 7.05 Å². The molecule has 0 saturated carbocycles. The average molecular weight is 278 g/mol. The van der Waals surface area contributed by atoms with Crippen LogP contribution in [-0.4, -0.2) is 22.9 Å². The molecule has 20 heavy (non-hydrogen) atoms. The van der Waals surface area contributed by atoms with E-state index in [0.717, 1.165) is 6.07 Å². The molecule has 1 heterocycles. The van der Waals surface area contributed by atoms with Crippen LogP contribution in [0.2, 0.25) is 0 Å². The lowest BCUT2D eigenvalue weighted by Crippen LogP contribution is -2.16. The van der Waals surface area contributed by atoms with E-state index in [1.54, 1.807) is 7.05 Å². The van der Waals surface area contributed by atoms with E-state index in [-0.39, 0.29) is 11.3 Å². The maximum Gasteiger partial charge on any atom is 0.276 e. The third-order valence-corrected chi connectivity index (χ3v) is 2.66. The van der Waals surface area contributed by atoms with Crippen molar-refractivity contribution in [1.82, 2.24) is 9.97 Å². The first kappa shape index (κ1) is 13.9. The van der Waals surface area contributed by atoms with E-state index in [1.807, 2.05) is 0 Å². The number of hydrogen-bond acceptors (Lipinski definition) is 4. The largest absolute Gasteiger partial charge is 0.372 e. The van der Waals surface area contributed by atoms with E-state index in [1.165, 1.54) is 25.4 Å². The van der Waals surface area contributed by atoms with Crippen molar-refractivity contribution in [3.63, 3.8) is 0 Å². The van der Waals surface area contributed by atoms with E-state index in [2.05, 4.69) is 20.6 Å². The van der Waals surface area contributed by atoms with Crippen LogP contribution in [0.4, 0.5) is 20.3 Å². The van der Waals surface area contributed by atoms with Crippen LogP contribution in [-0.2, 0) is 0 Å². The summed E-state index contributed by atoms with van der Waals surface area (Å²) in [4.78, 5) is 19.6. The Morgan fingerprint density at radius 2 is 1.95 bits per heavy atom. The number of nitrogens with zero attached hydrogens (tertiary/aromatic N) is 2. The van der Waals surface area contributed by atoms with Gasteiger partial charge in [0.25, 0.3) is 5.91 Å². The van der Waals surface area contributed by atoms with E-state index in [4.69, 9.17) is 0 Å². The fraction of sp³-hybridized carbons (Fsp3) is 0.154. The van der Waals surface area contributed by atoms with Crippen molar-refractivity contribution in [2.45, 2.75) is 6.92 Å². The predicted octanol–water partition coefficient (Wildman–Crippen LogP) is 2.36. The number of carbonyl (C=O) groups excluding carboxylic acids is 1. The zero-order valence-electron chi connectivity index (χ0n) is 10.9. The molecule has 1 aromatic heterocycles. The monoisotopic (exact) mass is 278 g/mol. The molecule has 0 spiro atoms. The Balaban J connectivity index is 2.25. The lowest BCUT2D eigenvalue weighted by molar-refractivity contribution is 0.102. The van der Waals surface area contributed by atoms with E-state index in [0.29, 0.717) is 5.82 Å². The molecule has 1 amide bonds. The Morgan fingerprint density at radius 3 is 2.55 bits per heavy atom. The number of rotatable bonds is 3. The Hall–Kier alpha value is -2.57. The molecule has 0 aliphatic carbocycles. The Kier molecular flexibility index (Phi) is 3.88. The lowest BCUT2D eigenvalue weighted by Gasteiger charge is -2.09. The second-order valence-electron chi connectivity index (χ2n) is 4.04. The zero-order valence-corrected chi connectivity index (χ0v) is 10.9. The first-order chi connectivity index (χ1) is 9.52. The average Bonchev–Trinajstić information content (AvgIpc) is 2.47. The maximum atomic E-state index is 13.8. The topological polar surface area (TPSA) is 66.9 Å². The lowest BCUT2D eigenvalue weighted by atomic mass is 10.2. The Bertz CT molecular complexity index is 644. The fourth-order valence-electron chi connectivity index (χ4n) is 1.52.